The largest absolute Gasteiger partial charge is 0.497 e. The van der Waals surface area contributed by atoms with Crippen LogP contribution in [0.15, 0.2) is 65.3 Å². The van der Waals surface area contributed by atoms with Gasteiger partial charge in [-0.15, -0.1) is 0 Å². The molecule has 1 aliphatic rings. The molecule has 1 aliphatic heterocycles. The molecule has 25 heavy (non-hydrogen) atoms. The quantitative estimate of drug-likeness (QED) is 0.809. The van der Waals surface area contributed by atoms with E-state index in [0.717, 1.165) is 21.8 Å². The van der Waals surface area contributed by atoms with Crippen molar-refractivity contribution in [3.05, 3.63) is 76.5 Å². The van der Waals surface area contributed by atoms with Gasteiger partial charge in [-0.25, -0.2) is 0 Å². The highest BCUT2D eigenvalue weighted by atomic mass is 35.5. The smallest absolute Gasteiger partial charge is 0.278 e. The molecule has 5 nitrogen and oxygen atoms in total. The monoisotopic (exact) mass is 356 g/mol. The van der Waals surface area contributed by atoms with Crippen LogP contribution in [-0.4, -0.2) is 23.8 Å². The van der Waals surface area contributed by atoms with Gasteiger partial charge in [0.25, 0.3) is 11.8 Å². The first-order valence-corrected chi connectivity index (χ1v) is 8.14. The Morgan fingerprint density at radius 3 is 2.28 bits per heavy atom. The molecule has 0 saturated carbocycles. The van der Waals surface area contributed by atoms with Crippen molar-refractivity contribution in [3.63, 3.8) is 0 Å². The van der Waals surface area contributed by atoms with Gasteiger partial charge in [0.2, 0.25) is 0 Å². The van der Waals surface area contributed by atoms with Gasteiger partial charge >= 0.3 is 0 Å². The Balaban J connectivity index is 1.68. The predicted octanol–water partition coefficient (Wildman–Crippen LogP) is 2.80. The van der Waals surface area contributed by atoms with Gasteiger partial charge in [-0.3, -0.25) is 14.5 Å². The van der Waals surface area contributed by atoms with Crippen LogP contribution in [0.3, 0.4) is 0 Å². The zero-order valence-electron chi connectivity index (χ0n) is 13.7. The van der Waals surface area contributed by atoms with Crippen molar-refractivity contribution >= 4 is 23.4 Å². The number of halogens is 1. The maximum Gasteiger partial charge on any atom is 0.278 e. The molecule has 0 aromatic heterocycles. The molecule has 0 spiro atoms. The molecular formula is C19H17ClN2O3. The number of carbonyl (C=O) groups is 2. The Bertz CT molecular complexity index is 816. The van der Waals surface area contributed by atoms with Crippen molar-refractivity contribution < 1.29 is 14.3 Å². The van der Waals surface area contributed by atoms with Gasteiger partial charge in [0, 0.05) is 6.54 Å². The fourth-order valence-corrected chi connectivity index (χ4v) is 2.79. The standard InChI is InChI=1S/C19H17ClN2O3/c1-25-15-9-7-13(8-10-15)11-21-17-16(20)18(23)22(19(17)24)12-14-5-3-2-4-6-14/h2-10,21H,11-12H2,1H3. The summed E-state index contributed by atoms with van der Waals surface area (Å²) in [5, 5.41) is 2.90. The summed E-state index contributed by atoms with van der Waals surface area (Å²) in [6, 6.07) is 16.7. The lowest BCUT2D eigenvalue weighted by atomic mass is 10.2. The second kappa shape index (κ2) is 7.40. The van der Waals surface area contributed by atoms with Crippen molar-refractivity contribution in [1.29, 1.82) is 0 Å². The van der Waals surface area contributed by atoms with E-state index < -0.39 is 11.8 Å². The molecule has 6 heteroatoms. The van der Waals surface area contributed by atoms with E-state index in [0.29, 0.717) is 6.54 Å². The van der Waals surface area contributed by atoms with Crippen molar-refractivity contribution in [2.24, 2.45) is 0 Å². The fourth-order valence-electron chi connectivity index (χ4n) is 2.54. The topological polar surface area (TPSA) is 58.6 Å². The van der Waals surface area contributed by atoms with Gasteiger partial charge in [-0.1, -0.05) is 54.1 Å². The van der Waals surface area contributed by atoms with Crippen LogP contribution >= 0.6 is 11.6 Å². The molecule has 2 amide bonds. The minimum atomic E-state index is -0.479. The first kappa shape index (κ1) is 17.0. The Hall–Kier alpha value is -2.79. The van der Waals surface area contributed by atoms with Crippen LogP contribution < -0.4 is 10.1 Å². The van der Waals surface area contributed by atoms with Gasteiger partial charge < -0.3 is 10.1 Å². The number of carbonyl (C=O) groups excluding carboxylic acids is 2. The number of amides is 2. The van der Waals surface area contributed by atoms with E-state index in [-0.39, 0.29) is 17.3 Å². The lowest BCUT2D eigenvalue weighted by Gasteiger charge is -2.15. The first-order chi connectivity index (χ1) is 12.1. The number of nitrogens with zero attached hydrogens (tertiary/aromatic N) is 1. The Morgan fingerprint density at radius 2 is 1.64 bits per heavy atom. The summed E-state index contributed by atoms with van der Waals surface area (Å²) in [4.78, 5) is 26.0. The van der Waals surface area contributed by atoms with Gasteiger partial charge in [-0.05, 0) is 23.3 Å². The van der Waals surface area contributed by atoms with Crippen LogP contribution in [0.1, 0.15) is 11.1 Å². The van der Waals surface area contributed by atoms with Gasteiger partial charge in [0.1, 0.15) is 16.5 Å². The minimum Gasteiger partial charge on any atom is -0.497 e. The Morgan fingerprint density at radius 1 is 0.960 bits per heavy atom. The SMILES string of the molecule is COc1ccc(CNC2=C(Cl)C(=O)N(Cc3ccccc3)C2=O)cc1. The fraction of sp³-hybridized carbons (Fsp3) is 0.158. The number of nitrogens with one attached hydrogen (secondary N) is 1. The number of rotatable bonds is 6. The average molecular weight is 357 g/mol. The van der Waals surface area contributed by atoms with Crippen molar-refractivity contribution in [3.8, 4) is 5.75 Å². The zero-order chi connectivity index (χ0) is 17.8. The van der Waals surface area contributed by atoms with Crippen LogP contribution in [0.5, 0.6) is 5.75 Å². The Labute approximate surface area is 150 Å². The van der Waals surface area contributed by atoms with Crippen molar-refractivity contribution in [1.82, 2.24) is 10.2 Å². The average Bonchev–Trinajstić information content (AvgIpc) is 2.85. The summed E-state index contributed by atoms with van der Waals surface area (Å²) in [5.41, 5.74) is 1.95. The highest BCUT2D eigenvalue weighted by Crippen LogP contribution is 2.24. The lowest BCUT2D eigenvalue weighted by molar-refractivity contribution is -0.138. The van der Waals surface area contributed by atoms with E-state index >= 15 is 0 Å². The maximum absolute atomic E-state index is 12.5. The molecule has 0 aliphatic carbocycles. The highest BCUT2D eigenvalue weighted by molar-refractivity contribution is 6.47. The Kier molecular flexibility index (Phi) is 5.05. The summed E-state index contributed by atoms with van der Waals surface area (Å²) in [6.45, 7) is 0.580. The van der Waals surface area contributed by atoms with E-state index in [9.17, 15) is 9.59 Å². The second-order valence-corrected chi connectivity index (χ2v) is 5.95. The van der Waals surface area contributed by atoms with Gasteiger partial charge in [0.15, 0.2) is 0 Å². The molecule has 0 radical (unpaired) electrons. The number of imide groups is 1. The van der Waals surface area contributed by atoms with E-state index in [2.05, 4.69) is 5.32 Å². The molecule has 2 aromatic carbocycles. The number of methoxy groups -OCH3 is 1. The number of benzene rings is 2. The molecule has 128 valence electrons. The third-order valence-corrected chi connectivity index (χ3v) is 4.27. The summed E-state index contributed by atoms with van der Waals surface area (Å²) in [6.07, 6.45) is 0. The predicted molar refractivity (Wildman–Crippen MR) is 94.7 cm³/mol. The molecule has 0 unspecified atom stereocenters. The molecule has 2 aromatic rings. The number of hydrogen-bond donors (Lipinski definition) is 1. The van der Waals surface area contributed by atoms with Crippen molar-refractivity contribution in [2.75, 3.05) is 7.11 Å². The maximum atomic E-state index is 12.5. The second-order valence-electron chi connectivity index (χ2n) is 5.57. The molecule has 0 fully saturated rings. The van der Waals surface area contributed by atoms with Crippen LogP contribution in [0.25, 0.3) is 0 Å². The molecule has 0 bridgehead atoms. The first-order valence-electron chi connectivity index (χ1n) is 7.77. The van der Waals surface area contributed by atoms with Crippen LogP contribution in [0, 0.1) is 0 Å². The van der Waals surface area contributed by atoms with Crippen LogP contribution in [0.2, 0.25) is 0 Å². The lowest BCUT2D eigenvalue weighted by Crippen LogP contribution is -2.33. The minimum absolute atomic E-state index is 0.0746. The summed E-state index contributed by atoms with van der Waals surface area (Å²) >= 11 is 6.08. The molecule has 1 N–H and O–H groups in total. The summed E-state index contributed by atoms with van der Waals surface area (Å²) < 4.78 is 5.11. The van der Waals surface area contributed by atoms with E-state index in [4.69, 9.17) is 16.3 Å². The molecular weight excluding hydrogens is 340 g/mol. The normalized spacial score (nSPS) is 14.2. The third kappa shape index (κ3) is 3.67. The molecule has 0 atom stereocenters. The molecule has 3 rings (SSSR count). The highest BCUT2D eigenvalue weighted by Gasteiger charge is 2.37. The van der Waals surface area contributed by atoms with Gasteiger partial charge in [-0.2, -0.15) is 0 Å². The van der Waals surface area contributed by atoms with Gasteiger partial charge in [0.05, 0.1) is 13.7 Å². The number of hydrogen-bond acceptors (Lipinski definition) is 4. The molecule has 1 heterocycles. The van der Waals surface area contributed by atoms with Crippen LogP contribution in [-0.2, 0) is 22.7 Å². The van der Waals surface area contributed by atoms with E-state index in [1.165, 1.54) is 0 Å². The van der Waals surface area contributed by atoms with E-state index in [1.54, 1.807) is 7.11 Å². The summed E-state index contributed by atoms with van der Waals surface area (Å²) in [7, 11) is 1.60. The van der Waals surface area contributed by atoms with E-state index in [1.807, 2.05) is 54.6 Å². The van der Waals surface area contributed by atoms with Crippen LogP contribution in [0.4, 0.5) is 0 Å². The van der Waals surface area contributed by atoms with Crippen molar-refractivity contribution in [2.45, 2.75) is 13.1 Å². The molecule has 0 saturated heterocycles. The number of ether oxygens (including phenoxy) is 1. The third-order valence-electron chi connectivity index (χ3n) is 3.92. The zero-order valence-corrected chi connectivity index (χ0v) is 14.4. The summed E-state index contributed by atoms with van der Waals surface area (Å²) in [5.74, 6) is -0.137.